The van der Waals surface area contributed by atoms with E-state index in [-0.39, 0.29) is 5.16 Å². The van der Waals surface area contributed by atoms with Crippen LogP contribution in [-0.4, -0.2) is 26.0 Å². The Morgan fingerprint density at radius 2 is 1.42 bits per heavy atom. The van der Waals surface area contributed by atoms with Gasteiger partial charge in [-0.05, 0) is 30.3 Å². The van der Waals surface area contributed by atoms with Crippen LogP contribution in [0.4, 0.5) is 0 Å². The van der Waals surface area contributed by atoms with Gasteiger partial charge in [0.15, 0.2) is 0 Å². The molecule has 24 heavy (non-hydrogen) atoms. The minimum absolute atomic E-state index is 0.164. The first-order chi connectivity index (χ1) is 11.4. The molecular formula is C20H27O3P. The van der Waals surface area contributed by atoms with Crippen LogP contribution in [0.2, 0.25) is 0 Å². The lowest BCUT2D eigenvalue weighted by Crippen LogP contribution is -2.16. The number of ether oxygens (including phenoxy) is 3. The van der Waals surface area contributed by atoms with Crippen LogP contribution in [0.1, 0.15) is 27.7 Å². The van der Waals surface area contributed by atoms with Gasteiger partial charge in [0.2, 0.25) is 0 Å². The molecule has 2 aromatic carbocycles. The van der Waals surface area contributed by atoms with Gasteiger partial charge in [-0.25, -0.2) is 0 Å². The number of methoxy groups -OCH3 is 2. The first-order valence-corrected chi connectivity index (χ1v) is 9.16. The highest BCUT2D eigenvalue weighted by Gasteiger charge is 2.22. The smallest absolute Gasteiger partial charge is 0.130 e. The van der Waals surface area contributed by atoms with Gasteiger partial charge in [0.25, 0.3) is 0 Å². The Kier molecular flexibility index (Phi) is 6.12. The van der Waals surface area contributed by atoms with E-state index in [2.05, 4.69) is 26.8 Å². The van der Waals surface area contributed by atoms with E-state index in [1.165, 1.54) is 5.30 Å². The molecule has 2 rings (SSSR count). The van der Waals surface area contributed by atoms with Crippen LogP contribution >= 0.6 is 8.58 Å². The fourth-order valence-electron chi connectivity index (χ4n) is 2.64. The van der Waals surface area contributed by atoms with Crippen molar-refractivity contribution in [3.8, 4) is 28.4 Å². The molecule has 4 heteroatoms. The highest BCUT2D eigenvalue weighted by atomic mass is 31.1. The van der Waals surface area contributed by atoms with Crippen molar-refractivity contribution in [2.45, 2.75) is 32.9 Å². The lowest BCUT2D eigenvalue weighted by molar-refractivity contribution is 0.343. The Bertz CT molecular complexity index is 668. The highest BCUT2D eigenvalue weighted by molar-refractivity contribution is 7.49. The fourth-order valence-corrected chi connectivity index (χ4v) is 4.01. The van der Waals surface area contributed by atoms with Crippen molar-refractivity contribution in [2.24, 2.45) is 0 Å². The van der Waals surface area contributed by atoms with Gasteiger partial charge in [0.1, 0.15) is 17.2 Å². The van der Waals surface area contributed by atoms with Crippen molar-refractivity contribution in [1.29, 1.82) is 0 Å². The third-order valence-electron chi connectivity index (χ3n) is 3.52. The number of rotatable bonds is 6. The van der Waals surface area contributed by atoms with Crippen molar-refractivity contribution in [2.75, 3.05) is 20.8 Å². The van der Waals surface area contributed by atoms with Gasteiger partial charge >= 0.3 is 0 Å². The van der Waals surface area contributed by atoms with Crippen LogP contribution in [0.25, 0.3) is 11.1 Å². The predicted octanol–water partition coefficient (Wildman–Crippen LogP) is 4.87. The monoisotopic (exact) mass is 346 g/mol. The zero-order valence-electron chi connectivity index (χ0n) is 15.4. The molecule has 0 heterocycles. The van der Waals surface area contributed by atoms with Gasteiger partial charge in [-0.3, -0.25) is 0 Å². The van der Waals surface area contributed by atoms with Crippen molar-refractivity contribution in [3.05, 3.63) is 36.4 Å². The Morgan fingerprint density at radius 3 is 1.92 bits per heavy atom. The summed E-state index contributed by atoms with van der Waals surface area (Å²) in [6.07, 6.45) is 0. The Hall–Kier alpha value is -1.73. The first-order valence-electron chi connectivity index (χ1n) is 8.16. The molecule has 0 spiro atoms. The summed E-state index contributed by atoms with van der Waals surface area (Å²) in [4.78, 5) is 0. The minimum Gasteiger partial charge on any atom is -0.496 e. The second-order valence-electron chi connectivity index (χ2n) is 6.52. The van der Waals surface area contributed by atoms with Crippen LogP contribution in [0.15, 0.2) is 36.4 Å². The van der Waals surface area contributed by atoms with Crippen molar-refractivity contribution < 1.29 is 14.2 Å². The summed E-state index contributed by atoms with van der Waals surface area (Å²) >= 11 is 0. The van der Waals surface area contributed by atoms with Crippen LogP contribution < -0.4 is 19.5 Å². The van der Waals surface area contributed by atoms with Crippen molar-refractivity contribution >= 4 is 13.9 Å². The molecular weight excluding hydrogens is 319 g/mol. The van der Waals surface area contributed by atoms with Crippen LogP contribution in [0, 0.1) is 0 Å². The number of hydrogen-bond acceptors (Lipinski definition) is 3. The summed E-state index contributed by atoms with van der Waals surface area (Å²) in [7, 11) is 3.99. The summed E-state index contributed by atoms with van der Waals surface area (Å²) in [5.74, 6) is 2.56. The average molecular weight is 346 g/mol. The normalized spacial score (nSPS) is 11.8. The van der Waals surface area contributed by atoms with Crippen LogP contribution in [0.3, 0.4) is 0 Å². The molecule has 0 saturated heterocycles. The fraction of sp³-hybridized carbons (Fsp3) is 0.400. The van der Waals surface area contributed by atoms with E-state index in [9.17, 15) is 0 Å². The van der Waals surface area contributed by atoms with Gasteiger partial charge in [-0.15, -0.1) is 0 Å². The molecule has 0 bridgehead atoms. The topological polar surface area (TPSA) is 27.7 Å². The maximum absolute atomic E-state index is 5.92. The quantitative estimate of drug-likeness (QED) is 0.698. The average Bonchev–Trinajstić information content (AvgIpc) is 2.54. The zero-order valence-corrected chi connectivity index (χ0v) is 16.4. The molecule has 0 aliphatic heterocycles. The van der Waals surface area contributed by atoms with E-state index >= 15 is 0 Å². The second-order valence-corrected chi connectivity index (χ2v) is 8.77. The van der Waals surface area contributed by atoms with Crippen LogP contribution in [0.5, 0.6) is 17.2 Å². The molecule has 0 radical (unpaired) electrons. The molecule has 3 nitrogen and oxygen atoms in total. The van der Waals surface area contributed by atoms with Crippen molar-refractivity contribution in [3.63, 3.8) is 0 Å². The molecule has 1 atom stereocenters. The Morgan fingerprint density at radius 1 is 0.875 bits per heavy atom. The minimum atomic E-state index is 0.164. The number of benzene rings is 2. The molecule has 0 amide bonds. The summed E-state index contributed by atoms with van der Waals surface area (Å²) in [6.45, 7) is 9.40. The van der Waals surface area contributed by atoms with E-state index < -0.39 is 0 Å². The zero-order chi connectivity index (χ0) is 17.7. The van der Waals surface area contributed by atoms with E-state index in [0.29, 0.717) is 15.2 Å². The van der Waals surface area contributed by atoms with E-state index in [0.717, 1.165) is 28.4 Å². The SMILES string of the molecule is CCOc1cccc(-c2c(OC)cccc2OC)c1PC(C)(C)C. The third-order valence-corrected chi connectivity index (χ3v) is 5.04. The third kappa shape index (κ3) is 4.21. The first kappa shape index (κ1) is 18.6. The molecule has 0 aliphatic carbocycles. The maximum Gasteiger partial charge on any atom is 0.130 e. The van der Waals surface area contributed by atoms with Gasteiger partial charge in [-0.1, -0.05) is 47.6 Å². The van der Waals surface area contributed by atoms with E-state index in [1.54, 1.807) is 14.2 Å². The molecule has 0 aromatic heterocycles. The lowest BCUT2D eigenvalue weighted by Gasteiger charge is -2.24. The molecule has 1 unspecified atom stereocenters. The molecule has 0 N–H and O–H groups in total. The lowest BCUT2D eigenvalue weighted by atomic mass is 10.0. The van der Waals surface area contributed by atoms with Crippen molar-refractivity contribution in [1.82, 2.24) is 0 Å². The maximum atomic E-state index is 5.92. The van der Waals surface area contributed by atoms with Gasteiger partial charge in [-0.2, -0.15) is 0 Å². The predicted molar refractivity (Wildman–Crippen MR) is 104 cm³/mol. The van der Waals surface area contributed by atoms with Gasteiger partial charge in [0, 0.05) is 10.9 Å². The largest absolute Gasteiger partial charge is 0.496 e. The second kappa shape index (κ2) is 7.90. The summed E-state index contributed by atoms with van der Waals surface area (Å²) in [5, 5.41) is 1.38. The van der Waals surface area contributed by atoms with E-state index in [1.807, 2.05) is 37.3 Å². The van der Waals surface area contributed by atoms with E-state index in [4.69, 9.17) is 14.2 Å². The summed E-state index contributed by atoms with van der Waals surface area (Å²) in [6, 6.07) is 12.1. The molecule has 2 aromatic rings. The molecule has 0 saturated carbocycles. The van der Waals surface area contributed by atoms with Crippen LogP contribution in [-0.2, 0) is 0 Å². The molecule has 0 fully saturated rings. The Balaban J connectivity index is 2.72. The Labute approximate surface area is 147 Å². The highest BCUT2D eigenvalue weighted by Crippen LogP contribution is 2.43. The standard InChI is InChI=1S/C20H27O3P/c1-7-23-17-13-8-10-14(19(17)24-20(2,3)4)18-15(21-5)11-9-12-16(18)22-6/h8-13,24H,7H2,1-6H3. The molecule has 0 aliphatic rings. The number of hydrogen-bond donors (Lipinski definition) is 0. The van der Waals surface area contributed by atoms with Gasteiger partial charge < -0.3 is 14.2 Å². The molecule has 130 valence electrons. The van der Waals surface area contributed by atoms with Gasteiger partial charge in [0.05, 0.1) is 26.4 Å². The summed E-state index contributed by atoms with van der Waals surface area (Å²) in [5.41, 5.74) is 2.10. The summed E-state index contributed by atoms with van der Waals surface area (Å²) < 4.78 is 17.1.